The van der Waals surface area contributed by atoms with E-state index in [2.05, 4.69) is 61.3 Å². The van der Waals surface area contributed by atoms with E-state index in [1.54, 1.807) is 13.3 Å². The van der Waals surface area contributed by atoms with Gasteiger partial charge in [-0.25, -0.2) is 9.98 Å². The molecule has 27 heavy (non-hydrogen) atoms. The van der Waals surface area contributed by atoms with E-state index < -0.39 is 0 Å². The topological polar surface area (TPSA) is 71.7 Å². The van der Waals surface area contributed by atoms with Crippen molar-refractivity contribution in [3.8, 4) is 5.75 Å². The summed E-state index contributed by atoms with van der Waals surface area (Å²) in [6.45, 7) is 13.6. The molecular weight excluding hydrogens is 340 g/mol. The summed E-state index contributed by atoms with van der Waals surface area (Å²) in [5.74, 6) is 3.05. The number of rotatable bonds is 6. The van der Waals surface area contributed by atoms with E-state index in [1.807, 2.05) is 19.1 Å². The number of hydrogen-bond donors (Lipinski definition) is 2. The molecule has 0 radical (unpaired) electrons. The zero-order chi connectivity index (χ0) is 20.0. The van der Waals surface area contributed by atoms with Crippen molar-refractivity contribution in [3.63, 3.8) is 0 Å². The molecule has 0 fully saturated rings. The summed E-state index contributed by atoms with van der Waals surface area (Å²) in [6, 6.07) is 6.20. The molecule has 2 rings (SSSR count). The number of ether oxygens (including phenoxy) is 1. The SMILES string of the molecule is CCNC(=NCc1ncc(C(C)(C)C)o1)NC(C)c1cc(C)ccc1OC. The Morgan fingerprint density at radius 2 is 2.07 bits per heavy atom. The fourth-order valence-corrected chi connectivity index (χ4v) is 2.67. The number of guanidine groups is 1. The van der Waals surface area contributed by atoms with E-state index in [9.17, 15) is 0 Å². The highest BCUT2D eigenvalue weighted by atomic mass is 16.5. The van der Waals surface area contributed by atoms with Crippen molar-refractivity contribution in [1.82, 2.24) is 15.6 Å². The van der Waals surface area contributed by atoms with E-state index in [1.165, 1.54) is 5.56 Å². The molecule has 6 heteroatoms. The Morgan fingerprint density at radius 3 is 2.67 bits per heavy atom. The quantitative estimate of drug-likeness (QED) is 0.590. The van der Waals surface area contributed by atoms with Crippen LogP contribution in [0.4, 0.5) is 0 Å². The number of aryl methyl sites for hydroxylation is 1. The molecule has 0 bridgehead atoms. The predicted octanol–water partition coefficient (Wildman–Crippen LogP) is 4.11. The van der Waals surface area contributed by atoms with Crippen LogP contribution >= 0.6 is 0 Å². The molecular formula is C21H32N4O2. The molecule has 2 aromatic rings. The maximum Gasteiger partial charge on any atom is 0.216 e. The Kier molecular flexibility index (Phi) is 6.88. The van der Waals surface area contributed by atoms with Crippen LogP contribution in [0, 0.1) is 6.92 Å². The fourth-order valence-electron chi connectivity index (χ4n) is 2.67. The minimum absolute atomic E-state index is 0.0346. The molecule has 1 aromatic heterocycles. The van der Waals surface area contributed by atoms with Crippen LogP contribution in [0.15, 0.2) is 33.8 Å². The molecule has 1 atom stereocenters. The van der Waals surface area contributed by atoms with Gasteiger partial charge in [0.25, 0.3) is 0 Å². The number of aliphatic imine (C=N–C) groups is 1. The van der Waals surface area contributed by atoms with E-state index in [-0.39, 0.29) is 11.5 Å². The monoisotopic (exact) mass is 372 g/mol. The third-order valence-electron chi connectivity index (χ3n) is 4.21. The van der Waals surface area contributed by atoms with Crippen molar-refractivity contribution in [2.24, 2.45) is 4.99 Å². The molecule has 1 unspecified atom stereocenters. The van der Waals surface area contributed by atoms with Gasteiger partial charge in [-0.15, -0.1) is 0 Å². The normalized spacial score (nSPS) is 13.4. The maximum atomic E-state index is 5.82. The van der Waals surface area contributed by atoms with Gasteiger partial charge in [0.1, 0.15) is 18.1 Å². The highest BCUT2D eigenvalue weighted by Gasteiger charge is 2.19. The predicted molar refractivity (Wildman–Crippen MR) is 109 cm³/mol. The minimum atomic E-state index is -0.0616. The van der Waals surface area contributed by atoms with Gasteiger partial charge in [-0.1, -0.05) is 38.5 Å². The number of benzene rings is 1. The van der Waals surface area contributed by atoms with Crippen LogP contribution in [0.2, 0.25) is 0 Å². The number of oxazole rings is 1. The van der Waals surface area contributed by atoms with Gasteiger partial charge in [0.15, 0.2) is 5.96 Å². The zero-order valence-corrected chi connectivity index (χ0v) is 17.5. The molecule has 0 aliphatic heterocycles. The summed E-state index contributed by atoms with van der Waals surface area (Å²) < 4.78 is 11.3. The first-order valence-electron chi connectivity index (χ1n) is 9.39. The van der Waals surface area contributed by atoms with Gasteiger partial charge >= 0.3 is 0 Å². The number of hydrogen-bond acceptors (Lipinski definition) is 4. The Balaban J connectivity index is 2.13. The van der Waals surface area contributed by atoms with Gasteiger partial charge in [-0.2, -0.15) is 0 Å². The van der Waals surface area contributed by atoms with Crippen molar-refractivity contribution >= 4 is 5.96 Å². The second-order valence-corrected chi connectivity index (χ2v) is 7.67. The van der Waals surface area contributed by atoms with Gasteiger partial charge in [0, 0.05) is 17.5 Å². The lowest BCUT2D eigenvalue weighted by Crippen LogP contribution is -2.38. The Hall–Kier alpha value is -2.50. The smallest absolute Gasteiger partial charge is 0.216 e. The van der Waals surface area contributed by atoms with Gasteiger partial charge in [0.2, 0.25) is 5.89 Å². The Morgan fingerprint density at radius 1 is 1.33 bits per heavy atom. The average molecular weight is 373 g/mol. The molecule has 0 saturated heterocycles. The standard InChI is InChI=1S/C21H32N4O2/c1-8-22-20(24-13-19-23-12-18(27-19)21(4,5)6)25-15(3)16-11-14(2)9-10-17(16)26-7/h9-12,15H,8,13H2,1-7H3,(H2,22,24,25). The summed E-state index contributed by atoms with van der Waals surface area (Å²) in [7, 11) is 1.69. The first-order chi connectivity index (χ1) is 12.7. The highest BCUT2D eigenvalue weighted by Crippen LogP contribution is 2.26. The molecule has 6 nitrogen and oxygen atoms in total. The molecule has 0 spiro atoms. The van der Waals surface area contributed by atoms with Crippen molar-refractivity contribution in [2.45, 2.75) is 59.5 Å². The van der Waals surface area contributed by atoms with E-state index in [0.29, 0.717) is 18.4 Å². The fraction of sp³-hybridized carbons (Fsp3) is 0.524. The maximum absolute atomic E-state index is 5.82. The van der Waals surface area contributed by atoms with Crippen LogP contribution in [0.25, 0.3) is 0 Å². The second kappa shape index (κ2) is 8.93. The van der Waals surface area contributed by atoms with Crippen LogP contribution in [0.5, 0.6) is 5.75 Å². The van der Waals surface area contributed by atoms with Crippen LogP contribution in [0.3, 0.4) is 0 Å². The van der Waals surface area contributed by atoms with Crippen LogP contribution < -0.4 is 15.4 Å². The van der Waals surface area contributed by atoms with Crippen molar-refractivity contribution in [3.05, 3.63) is 47.2 Å². The van der Waals surface area contributed by atoms with E-state index in [4.69, 9.17) is 9.15 Å². The summed E-state index contributed by atoms with van der Waals surface area (Å²) in [4.78, 5) is 8.96. The van der Waals surface area contributed by atoms with Crippen LogP contribution in [0.1, 0.15) is 63.4 Å². The van der Waals surface area contributed by atoms with Crippen molar-refractivity contribution < 1.29 is 9.15 Å². The van der Waals surface area contributed by atoms with Crippen LogP contribution in [-0.4, -0.2) is 24.6 Å². The largest absolute Gasteiger partial charge is 0.496 e. The van der Waals surface area contributed by atoms with Crippen molar-refractivity contribution in [1.29, 1.82) is 0 Å². The summed E-state index contributed by atoms with van der Waals surface area (Å²) in [5.41, 5.74) is 2.22. The number of aromatic nitrogens is 1. The summed E-state index contributed by atoms with van der Waals surface area (Å²) in [5, 5.41) is 6.70. The third kappa shape index (κ3) is 5.74. The lowest BCUT2D eigenvalue weighted by molar-refractivity contribution is 0.383. The Labute approximate surface area is 162 Å². The van der Waals surface area contributed by atoms with Gasteiger partial charge in [0.05, 0.1) is 19.3 Å². The molecule has 0 aliphatic carbocycles. The van der Waals surface area contributed by atoms with Gasteiger partial charge < -0.3 is 19.8 Å². The van der Waals surface area contributed by atoms with E-state index >= 15 is 0 Å². The molecule has 0 aliphatic rings. The number of nitrogens with one attached hydrogen (secondary N) is 2. The molecule has 0 saturated carbocycles. The highest BCUT2D eigenvalue weighted by molar-refractivity contribution is 5.80. The first-order valence-corrected chi connectivity index (χ1v) is 9.39. The van der Waals surface area contributed by atoms with Crippen LogP contribution in [-0.2, 0) is 12.0 Å². The summed E-state index contributed by atoms with van der Waals surface area (Å²) >= 11 is 0. The molecule has 0 amide bonds. The lowest BCUT2D eigenvalue weighted by atomic mass is 9.94. The minimum Gasteiger partial charge on any atom is -0.496 e. The molecule has 148 valence electrons. The number of methoxy groups -OCH3 is 1. The Bertz CT molecular complexity index is 775. The van der Waals surface area contributed by atoms with Crippen molar-refractivity contribution in [2.75, 3.05) is 13.7 Å². The number of nitrogens with zero attached hydrogens (tertiary/aromatic N) is 2. The second-order valence-electron chi connectivity index (χ2n) is 7.67. The molecule has 1 aromatic carbocycles. The first kappa shape index (κ1) is 20.8. The summed E-state index contributed by atoms with van der Waals surface area (Å²) in [6.07, 6.45) is 1.78. The lowest BCUT2D eigenvalue weighted by Gasteiger charge is -2.20. The van der Waals surface area contributed by atoms with Gasteiger partial charge in [-0.3, -0.25) is 0 Å². The third-order valence-corrected chi connectivity index (χ3v) is 4.21. The van der Waals surface area contributed by atoms with Gasteiger partial charge in [-0.05, 0) is 26.8 Å². The average Bonchev–Trinajstić information content (AvgIpc) is 3.09. The zero-order valence-electron chi connectivity index (χ0n) is 17.5. The molecule has 1 heterocycles. The van der Waals surface area contributed by atoms with E-state index in [0.717, 1.165) is 23.6 Å². The molecule has 2 N–H and O–H groups in total.